The number of hydrogen-bond acceptors (Lipinski definition) is 11. The van der Waals surface area contributed by atoms with Crippen molar-refractivity contribution >= 4 is 68.1 Å². The number of carboxylic acid groups (broad SMARTS) is 1. The van der Waals surface area contributed by atoms with Gasteiger partial charge in [0.1, 0.15) is 33.1 Å². The molecule has 18 heteroatoms. The van der Waals surface area contributed by atoms with E-state index in [1.54, 1.807) is 18.2 Å². The molecule has 0 saturated heterocycles. The van der Waals surface area contributed by atoms with Crippen molar-refractivity contribution in [3.8, 4) is 11.8 Å². The zero-order valence-electron chi connectivity index (χ0n) is 23.1. The Hall–Kier alpha value is -0.757. The number of nitrogens with zero attached hydrogens (tertiary/aromatic N) is 6. The van der Waals surface area contributed by atoms with Crippen molar-refractivity contribution in [3.05, 3.63) is 52.1 Å². The van der Waals surface area contributed by atoms with Crippen molar-refractivity contribution in [3.63, 3.8) is 0 Å². The van der Waals surface area contributed by atoms with Crippen molar-refractivity contribution in [1.82, 2.24) is 9.78 Å². The molecule has 1 amide bonds. The number of carboxylic acids is 1. The second-order valence-corrected chi connectivity index (χ2v) is 10.4. The minimum atomic E-state index is -4.85. The van der Waals surface area contributed by atoms with Crippen LogP contribution in [0.15, 0.2) is 51.7 Å². The summed E-state index contributed by atoms with van der Waals surface area (Å²) in [5, 5.41) is 34.9. The first-order valence-corrected chi connectivity index (χ1v) is 13.7. The molecule has 0 aliphatic heterocycles. The number of carbonyl (C=O) groups excluding carboxylic acids is 2. The molecule has 0 bridgehead atoms. The topological polar surface area (TPSA) is 196 Å². The van der Waals surface area contributed by atoms with Gasteiger partial charge in [0.25, 0.3) is 0 Å². The second kappa shape index (κ2) is 17.7. The molecular formula is C24H21Cl2K2N7O6S. The van der Waals surface area contributed by atoms with Crippen LogP contribution in [0.4, 0.5) is 22.9 Å². The Kier molecular flexibility index (Phi) is 16.5. The Balaban J connectivity index is 0.00000441. The molecule has 42 heavy (non-hydrogen) atoms. The van der Waals surface area contributed by atoms with Gasteiger partial charge >= 0.3 is 103 Å². The number of benzene rings is 2. The van der Waals surface area contributed by atoms with Gasteiger partial charge in [-0.15, -0.1) is 10.2 Å². The summed E-state index contributed by atoms with van der Waals surface area (Å²) in [7, 11) is -4.85. The van der Waals surface area contributed by atoms with Gasteiger partial charge < -0.3 is 24.7 Å². The number of rotatable bonds is 11. The molecule has 1 aromatic heterocycles. The maximum atomic E-state index is 11.9. The van der Waals surface area contributed by atoms with Crippen LogP contribution in [0, 0.1) is 11.3 Å². The van der Waals surface area contributed by atoms with Crippen molar-refractivity contribution < 1.29 is 130 Å². The van der Waals surface area contributed by atoms with Crippen molar-refractivity contribution in [2.24, 2.45) is 10.2 Å². The van der Waals surface area contributed by atoms with Gasteiger partial charge in [-0.3, -0.25) is 4.79 Å². The van der Waals surface area contributed by atoms with Crippen LogP contribution in [0.5, 0.6) is 0 Å². The fraction of sp³-hybridized carbons (Fsp3) is 0.250. The van der Waals surface area contributed by atoms with E-state index in [-0.39, 0.29) is 154 Å². The van der Waals surface area contributed by atoms with Gasteiger partial charge in [0.15, 0.2) is 5.82 Å². The van der Waals surface area contributed by atoms with Crippen molar-refractivity contribution in [2.75, 3.05) is 23.3 Å². The predicted molar refractivity (Wildman–Crippen MR) is 143 cm³/mol. The number of amides is 1. The number of hydrogen-bond donors (Lipinski definition) is 1. The molecule has 0 aliphatic carbocycles. The summed E-state index contributed by atoms with van der Waals surface area (Å²) in [6.45, 7) is 4.20. The largest absolute Gasteiger partial charge is 1.00 e. The Labute approximate surface area is 337 Å². The van der Waals surface area contributed by atoms with E-state index in [1.165, 1.54) is 13.1 Å². The van der Waals surface area contributed by atoms with Gasteiger partial charge in [0.05, 0.1) is 26.8 Å². The summed E-state index contributed by atoms with van der Waals surface area (Å²) in [6, 6.07) is 8.65. The first kappa shape index (κ1) is 39.3. The van der Waals surface area contributed by atoms with Gasteiger partial charge in [-0.05, 0) is 50.1 Å². The third kappa shape index (κ3) is 10.4. The molecule has 0 unspecified atom stereocenters. The first-order valence-electron chi connectivity index (χ1n) is 11.6. The number of anilines is 2. The van der Waals surface area contributed by atoms with E-state index in [0.29, 0.717) is 25.2 Å². The average molecular weight is 685 g/mol. The van der Waals surface area contributed by atoms with E-state index in [2.05, 4.69) is 20.6 Å². The van der Waals surface area contributed by atoms with Crippen LogP contribution in [-0.2, 0) is 19.7 Å². The molecule has 3 aromatic rings. The van der Waals surface area contributed by atoms with Gasteiger partial charge in [-0.1, -0.05) is 23.2 Å². The molecule has 2 aromatic carbocycles. The third-order valence-corrected chi connectivity index (χ3v) is 6.84. The first-order chi connectivity index (χ1) is 18.8. The molecule has 0 fully saturated rings. The normalized spacial score (nSPS) is 10.9. The standard InChI is InChI=1S/C24H23Cl2N7O6S.2K/c1-3-32(8-4-5-22(35)36)16-6-7-20(21(9-16)29-14(2)34)30-31-24-15(12-27)13-28-33(24)23-18(25)10-17(11-19(23)26)40(37,38)39;;/h6-7,9-11,13H,3-5,8H2,1-2H3,(H,29,34)(H,35,36)(H,37,38,39);;/q;2*+1/p-2. The third-order valence-electron chi connectivity index (χ3n) is 5.45. The molecule has 0 radical (unpaired) electrons. The van der Waals surface area contributed by atoms with E-state index in [0.717, 1.165) is 16.8 Å². The van der Waals surface area contributed by atoms with Gasteiger partial charge in [0, 0.05) is 31.7 Å². The van der Waals surface area contributed by atoms with Crippen molar-refractivity contribution in [2.45, 2.75) is 31.6 Å². The van der Waals surface area contributed by atoms with Crippen LogP contribution < -0.4 is 118 Å². The molecule has 3 rings (SSSR count). The van der Waals surface area contributed by atoms with E-state index >= 15 is 0 Å². The minimum Gasteiger partial charge on any atom is -0.744 e. The number of nitriles is 1. The van der Waals surface area contributed by atoms with Crippen LogP contribution in [0.25, 0.3) is 5.69 Å². The summed E-state index contributed by atoms with van der Waals surface area (Å²) in [5.74, 6) is -1.64. The van der Waals surface area contributed by atoms with Crippen LogP contribution >= 0.6 is 23.2 Å². The fourth-order valence-electron chi connectivity index (χ4n) is 3.65. The molecule has 210 valence electrons. The SMILES string of the molecule is CCN(CCCC(=O)[O-])c1ccc(N=Nc2c(C#N)cnn2-c2c(Cl)cc(S(=O)(=O)[O-])cc2Cl)c(NC(C)=O)c1.[K+].[K+]. The minimum absolute atomic E-state index is 0. The van der Waals surface area contributed by atoms with Crippen LogP contribution in [0.2, 0.25) is 10.0 Å². The summed E-state index contributed by atoms with van der Waals surface area (Å²) < 4.78 is 35.3. The number of aliphatic carboxylic acids is 1. The maximum absolute atomic E-state index is 11.9. The molecule has 0 aliphatic rings. The molecule has 13 nitrogen and oxygen atoms in total. The number of halogens is 2. The van der Waals surface area contributed by atoms with Crippen LogP contribution in [0.3, 0.4) is 0 Å². The van der Waals surface area contributed by atoms with E-state index in [1.807, 2.05) is 17.9 Å². The number of nitrogens with one attached hydrogen (secondary N) is 1. The van der Waals surface area contributed by atoms with Gasteiger partial charge in [-0.2, -0.15) is 10.4 Å². The molecule has 0 spiro atoms. The van der Waals surface area contributed by atoms with Gasteiger partial charge in [-0.25, -0.2) is 13.1 Å². The van der Waals surface area contributed by atoms with E-state index < -0.39 is 21.0 Å². The maximum Gasteiger partial charge on any atom is 1.00 e. The zero-order chi connectivity index (χ0) is 29.6. The van der Waals surface area contributed by atoms with Crippen LogP contribution in [0.1, 0.15) is 32.3 Å². The number of carbonyl (C=O) groups is 2. The second-order valence-electron chi connectivity index (χ2n) is 8.23. The smallest absolute Gasteiger partial charge is 0.744 e. The Morgan fingerprint density at radius 2 is 1.81 bits per heavy atom. The van der Waals surface area contributed by atoms with Crippen LogP contribution in [-0.4, -0.2) is 47.7 Å². The van der Waals surface area contributed by atoms with Crippen molar-refractivity contribution in [1.29, 1.82) is 5.26 Å². The molecular weight excluding hydrogens is 663 g/mol. The Bertz CT molecular complexity index is 1620. The molecule has 0 atom stereocenters. The molecule has 1 N–H and O–H groups in total. The van der Waals surface area contributed by atoms with E-state index in [4.69, 9.17) is 23.2 Å². The molecule has 0 saturated carbocycles. The van der Waals surface area contributed by atoms with Gasteiger partial charge in [0.2, 0.25) is 5.91 Å². The summed E-state index contributed by atoms with van der Waals surface area (Å²) in [6.07, 6.45) is 1.43. The monoisotopic (exact) mass is 683 g/mol. The Morgan fingerprint density at radius 3 is 2.33 bits per heavy atom. The Morgan fingerprint density at radius 1 is 1.17 bits per heavy atom. The average Bonchev–Trinajstić information content (AvgIpc) is 3.26. The van der Waals surface area contributed by atoms with E-state index in [9.17, 15) is 32.9 Å². The fourth-order valence-corrected chi connectivity index (χ4v) is 4.95. The summed E-state index contributed by atoms with van der Waals surface area (Å²) in [5.41, 5.74) is 1.13. The quantitative estimate of drug-likeness (QED) is 0.131. The number of azo groups is 1. The summed E-state index contributed by atoms with van der Waals surface area (Å²) in [4.78, 5) is 23.9. The predicted octanol–water partition coefficient (Wildman–Crippen LogP) is -2.31. The molecule has 1 heterocycles. The zero-order valence-corrected chi connectivity index (χ0v) is 31.7. The summed E-state index contributed by atoms with van der Waals surface area (Å²) >= 11 is 12.4. The number of aromatic nitrogens is 2.